The van der Waals surface area contributed by atoms with Crippen LogP contribution in [0.4, 0.5) is 5.69 Å². The zero-order valence-electron chi connectivity index (χ0n) is 26.7. The highest BCUT2D eigenvalue weighted by atomic mass is 79.9. The molecule has 6 aromatic carbocycles. The molecule has 1 atom stereocenters. The first-order valence-electron chi connectivity index (χ1n) is 16.7. The Hall–Kier alpha value is -5.65. The summed E-state index contributed by atoms with van der Waals surface area (Å²) in [5.74, 6) is 1.73. The van der Waals surface area contributed by atoms with Crippen LogP contribution < -0.4 is 0 Å². The Morgan fingerprint density at radius 3 is 2.12 bits per heavy atom. The summed E-state index contributed by atoms with van der Waals surface area (Å²) in [5.41, 5.74) is 10.0. The van der Waals surface area contributed by atoms with E-state index in [1.807, 2.05) is 12.1 Å². The van der Waals surface area contributed by atoms with Gasteiger partial charge in [-0.1, -0.05) is 116 Å². The summed E-state index contributed by atoms with van der Waals surface area (Å²) in [7, 11) is 0. The number of allylic oxidation sites excluding steroid dienone is 1. The molecule has 1 aliphatic rings. The molecule has 9 aromatic rings. The van der Waals surface area contributed by atoms with Crippen LogP contribution in [0, 0.1) is 5.92 Å². The van der Waals surface area contributed by atoms with Crippen LogP contribution in [0.3, 0.4) is 0 Å². The summed E-state index contributed by atoms with van der Waals surface area (Å²) < 4.78 is 16.7. The van der Waals surface area contributed by atoms with Gasteiger partial charge in [0, 0.05) is 37.5 Å². The van der Waals surface area contributed by atoms with Crippen molar-refractivity contribution in [3.63, 3.8) is 0 Å². The Morgan fingerprint density at radius 2 is 1.33 bits per heavy atom. The standard InChI is InChI=1S/C44H29BrN2O2/c1-2-26-23-32(28-15-7-4-8-16-28)43-41(33-24-29(21-22-37(33)49-43)27-13-5-3-6-14-27)46-44(26)47-35-19-11-9-17-30(35)39-34(45)25-38-40(42(39)47)31-18-10-12-20-36(31)48-38/h3-26H,2H2,1H3. The number of para-hydroxylation sites is 2. The number of halogens is 1. The van der Waals surface area contributed by atoms with E-state index in [9.17, 15) is 0 Å². The molecule has 10 rings (SSSR count). The maximum atomic E-state index is 6.79. The van der Waals surface area contributed by atoms with Crippen molar-refractivity contribution in [3.05, 3.63) is 155 Å². The third-order valence-corrected chi connectivity index (χ3v) is 10.5. The summed E-state index contributed by atoms with van der Waals surface area (Å²) in [6, 6.07) is 46.6. The van der Waals surface area contributed by atoms with E-state index in [1.54, 1.807) is 0 Å². The summed E-state index contributed by atoms with van der Waals surface area (Å²) in [6.07, 6.45) is 3.22. The first-order valence-corrected chi connectivity index (χ1v) is 17.5. The lowest BCUT2D eigenvalue weighted by Gasteiger charge is -2.18. The summed E-state index contributed by atoms with van der Waals surface area (Å²) in [6.45, 7) is 2.24. The van der Waals surface area contributed by atoms with E-state index in [0.29, 0.717) is 0 Å². The molecular formula is C44H29BrN2O2. The number of nitrogens with zero attached hydrogens (tertiary/aromatic N) is 2. The summed E-state index contributed by atoms with van der Waals surface area (Å²) >= 11 is 3.96. The minimum Gasteiger partial charge on any atom is -0.456 e. The highest BCUT2D eigenvalue weighted by Gasteiger charge is 2.30. The van der Waals surface area contributed by atoms with Gasteiger partial charge in [0.05, 0.1) is 16.4 Å². The lowest BCUT2D eigenvalue weighted by molar-refractivity contribution is 0.601. The SMILES string of the molecule is CCC1C=C(c2ccccc2)c2oc3ccc(-c4ccccc4)cc3c2N=C1n1c2ccccc2c2c(Br)cc3oc4ccccc4c3c21. The first-order chi connectivity index (χ1) is 24.2. The number of fused-ring (bicyclic) bond motifs is 10. The van der Waals surface area contributed by atoms with E-state index in [2.05, 4.69) is 155 Å². The fraction of sp³-hybridized carbons (Fsp3) is 0.0682. The topological polar surface area (TPSA) is 43.6 Å². The molecule has 4 heterocycles. The van der Waals surface area contributed by atoms with Gasteiger partial charge in [0.1, 0.15) is 28.3 Å². The molecule has 0 saturated heterocycles. The van der Waals surface area contributed by atoms with E-state index < -0.39 is 0 Å². The average Bonchev–Trinajstić information content (AvgIpc) is 3.78. The van der Waals surface area contributed by atoms with Gasteiger partial charge in [-0.25, -0.2) is 4.99 Å². The van der Waals surface area contributed by atoms with Crippen LogP contribution in [0.1, 0.15) is 24.7 Å². The van der Waals surface area contributed by atoms with Crippen molar-refractivity contribution >= 4 is 87.7 Å². The molecule has 1 aliphatic heterocycles. The molecule has 0 amide bonds. The van der Waals surface area contributed by atoms with Crippen LogP contribution >= 0.6 is 15.9 Å². The first kappa shape index (κ1) is 28.4. The molecule has 1 unspecified atom stereocenters. The predicted molar refractivity (Wildman–Crippen MR) is 206 cm³/mol. The molecule has 3 aromatic heterocycles. The van der Waals surface area contributed by atoms with Gasteiger partial charge < -0.3 is 8.83 Å². The fourth-order valence-electron chi connectivity index (χ4n) is 7.65. The van der Waals surface area contributed by atoms with Crippen molar-refractivity contribution in [2.75, 3.05) is 0 Å². The van der Waals surface area contributed by atoms with Crippen LogP contribution in [0.5, 0.6) is 0 Å². The second kappa shape index (κ2) is 10.9. The van der Waals surface area contributed by atoms with Gasteiger partial charge in [-0.15, -0.1) is 0 Å². The predicted octanol–water partition coefficient (Wildman–Crippen LogP) is 12.9. The number of hydrogen-bond donors (Lipinski definition) is 0. The molecule has 0 saturated carbocycles. The van der Waals surface area contributed by atoms with Gasteiger partial charge >= 0.3 is 0 Å². The maximum absolute atomic E-state index is 6.79. The quantitative estimate of drug-likeness (QED) is 0.184. The number of rotatable bonds is 3. The van der Waals surface area contributed by atoms with E-state index in [1.165, 1.54) is 0 Å². The zero-order chi connectivity index (χ0) is 32.6. The summed E-state index contributed by atoms with van der Waals surface area (Å²) in [4.78, 5) is 5.72. The highest BCUT2D eigenvalue weighted by Crippen LogP contribution is 2.47. The third kappa shape index (κ3) is 4.25. The van der Waals surface area contributed by atoms with Crippen molar-refractivity contribution in [2.24, 2.45) is 10.9 Å². The number of furan rings is 2. The number of benzene rings is 6. The Kier molecular flexibility index (Phi) is 6.34. The van der Waals surface area contributed by atoms with Crippen LogP contribution in [-0.2, 0) is 0 Å². The number of hydrogen-bond acceptors (Lipinski definition) is 3. The molecule has 49 heavy (non-hydrogen) atoms. The maximum Gasteiger partial charge on any atom is 0.161 e. The van der Waals surface area contributed by atoms with Crippen LogP contribution in [0.2, 0.25) is 0 Å². The molecule has 0 radical (unpaired) electrons. The largest absolute Gasteiger partial charge is 0.456 e. The molecule has 0 bridgehead atoms. The monoisotopic (exact) mass is 696 g/mol. The van der Waals surface area contributed by atoms with Crippen molar-refractivity contribution in [1.82, 2.24) is 4.57 Å². The van der Waals surface area contributed by atoms with E-state index in [0.717, 1.165) is 105 Å². The molecular weight excluding hydrogens is 668 g/mol. The lowest BCUT2D eigenvalue weighted by atomic mass is 9.95. The van der Waals surface area contributed by atoms with Crippen LogP contribution in [0.15, 0.2) is 158 Å². The van der Waals surface area contributed by atoms with Crippen molar-refractivity contribution in [1.29, 1.82) is 0 Å². The summed E-state index contributed by atoms with van der Waals surface area (Å²) in [5, 5.41) is 5.47. The normalized spacial score (nSPS) is 14.9. The van der Waals surface area contributed by atoms with Crippen LogP contribution in [-0.4, -0.2) is 10.4 Å². The van der Waals surface area contributed by atoms with Crippen molar-refractivity contribution in [2.45, 2.75) is 13.3 Å². The highest BCUT2D eigenvalue weighted by molar-refractivity contribution is 9.10. The van der Waals surface area contributed by atoms with Gasteiger partial charge in [-0.05, 0) is 69.4 Å². The molecule has 234 valence electrons. The third-order valence-electron chi connectivity index (χ3n) is 9.92. The van der Waals surface area contributed by atoms with Crippen molar-refractivity contribution < 1.29 is 8.83 Å². The van der Waals surface area contributed by atoms with Gasteiger partial charge in [0.2, 0.25) is 0 Å². The van der Waals surface area contributed by atoms with Crippen molar-refractivity contribution in [3.8, 4) is 11.1 Å². The number of aromatic nitrogens is 1. The van der Waals surface area contributed by atoms with E-state index in [-0.39, 0.29) is 5.92 Å². The minimum atomic E-state index is -0.0173. The molecule has 5 heteroatoms. The smallest absolute Gasteiger partial charge is 0.161 e. The van der Waals surface area contributed by atoms with Gasteiger partial charge in [0.15, 0.2) is 5.76 Å². The average molecular weight is 698 g/mol. The lowest BCUT2D eigenvalue weighted by Crippen LogP contribution is -2.20. The Morgan fingerprint density at radius 1 is 0.633 bits per heavy atom. The van der Waals surface area contributed by atoms with E-state index in [4.69, 9.17) is 13.8 Å². The molecule has 0 aliphatic carbocycles. The molecule has 4 nitrogen and oxygen atoms in total. The molecule has 0 fully saturated rings. The zero-order valence-corrected chi connectivity index (χ0v) is 28.2. The Balaban J connectivity index is 1.36. The Labute approximate surface area is 290 Å². The van der Waals surface area contributed by atoms with Gasteiger partial charge in [-0.2, -0.15) is 0 Å². The van der Waals surface area contributed by atoms with Crippen LogP contribution in [0.25, 0.3) is 71.4 Å². The van der Waals surface area contributed by atoms with Gasteiger partial charge in [-0.3, -0.25) is 4.57 Å². The second-order valence-electron chi connectivity index (χ2n) is 12.7. The Bertz CT molecular complexity index is 2820. The second-order valence-corrected chi connectivity index (χ2v) is 13.5. The fourth-order valence-corrected chi connectivity index (χ4v) is 8.26. The molecule has 0 N–H and O–H groups in total. The van der Waals surface area contributed by atoms with Gasteiger partial charge in [0.25, 0.3) is 0 Å². The minimum absolute atomic E-state index is 0.0173. The number of aliphatic imine (C=N–C) groups is 1. The van der Waals surface area contributed by atoms with E-state index >= 15 is 0 Å². The molecule has 0 spiro atoms.